The quantitative estimate of drug-likeness (QED) is 0.708. The Morgan fingerprint density at radius 2 is 2.16 bits per heavy atom. The summed E-state index contributed by atoms with van der Waals surface area (Å²) >= 11 is 1.29. The van der Waals surface area contributed by atoms with Crippen molar-refractivity contribution in [1.82, 2.24) is 9.27 Å². The average Bonchev–Trinajstić information content (AvgIpc) is 3.26. The fourth-order valence-corrected chi connectivity index (χ4v) is 3.25. The molecule has 2 aromatic heterocycles. The molecule has 1 aromatic carbocycles. The number of aromatic nitrogens is 1. The van der Waals surface area contributed by atoms with E-state index in [1.165, 1.54) is 11.5 Å². The summed E-state index contributed by atoms with van der Waals surface area (Å²) in [5.41, 5.74) is 2.62. The highest BCUT2D eigenvalue weighted by molar-refractivity contribution is 7.10. The lowest BCUT2D eigenvalue weighted by atomic mass is 10.1. The van der Waals surface area contributed by atoms with Gasteiger partial charge in [0.2, 0.25) is 0 Å². The maximum atomic E-state index is 12.4. The summed E-state index contributed by atoms with van der Waals surface area (Å²) in [7, 11) is 2.04. The highest BCUT2D eigenvalue weighted by atomic mass is 32.1. The molecule has 3 aromatic rings. The van der Waals surface area contributed by atoms with Gasteiger partial charge in [-0.3, -0.25) is 9.69 Å². The molecule has 0 fully saturated rings. The van der Waals surface area contributed by atoms with Crippen LogP contribution in [0.15, 0.2) is 53.1 Å². The maximum Gasteiger partial charge on any atom is 0.256 e. The molecule has 130 valence electrons. The van der Waals surface area contributed by atoms with Crippen molar-refractivity contribution in [2.45, 2.75) is 26.4 Å². The number of anilines is 1. The van der Waals surface area contributed by atoms with Gasteiger partial charge in [0.1, 0.15) is 10.8 Å². The number of hydrogen-bond acceptors (Lipinski definition) is 5. The van der Waals surface area contributed by atoms with Crippen molar-refractivity contribution >= 4 is 22.4 Å². The molecular weight excluding hydrogens is 334 g/mol. The number of carbonyl (C=O) groups excluding carboxylic acids is 1. The van der Waals surface area contributed by atoms with E-state index in [1.807, 2.05) is 56.4 Å². The van der Waals surface area contributed by atoms with E-state index in [0.717, 1.165) is 28.6 Å². The van der Waals surface area contributed by atoms with Crippen LogP contribution in [0, 0.1) is 6.92 Å². The smallest absolute Gasteiger partial charge is 0.256 e. The molecule has 0 bridgehead atoms. The van der Waals surface area contributed by atoms with Gasteiger partial charge in [-0.15, -0.1) is 0 Å². The summed E-state index contributed by atoms with van der Waals surface area (Å²) in [6.45, 7) is 4.73. The highest BCUT2D eigenvalue weighted by Gasteiger charge is 2.15. The molecule has 1 atom stereocenters. The van der Waals surface area contributed by atoms with Gasteiger partial charge in [-0.2, -0.15) is 4.37 Å². The predicted molar refractivity (Wildman–Crippen MR) is 99.8 cm³/mol. The second-order valence-corrected chi connectivity index (χ2v) is 6.90. The molecule has 5 nitrogen and oxygen atoms in total. The van der Waals surface area contributed by atoms with E-state index < -0.39 is 0 Å². The van der Waals surface area contributed by atoms with Gasteiger partial charge >= 0.3 is 0 Å². The van der Waals surface area contributed by atoms with E-state index >= 15 is 0 Å². The normalized spacial score (nSPS) is 12.3. The van der Waals surface area contributed by atoms with Gasteiger partial charge < -0.3 is 9.73 Å². The molecule has 6 heteroatoms. The lowest BCUT2D eigenvalue weighted by molar-refractivity contribution is 0.102. The minimum Gasteiger partial charge on any atom is -0.468 e. The summed E-state index contributed by atoms with van der Waals surface area (Å²) in [5.74, 6) is 0.809. The SMILES string of the molecule is Cc1cc(NC(=O)c2cccc(CN(C)C(C)c3ccco3)c2)sn1. The minimum atomic E-state index is -0.118. The zero-order chi connectivity index (χ0) is 17.8. The summed E-state index contributed by atoms with van der Waals surface area (Å²) in [6, 6.07) is 13.6. The highest BCUT2D eigenvalue weighted by Crippen LogP contribution is 2.22. The first kappa shape index (κ1) is 17.4. The summed E-state index contributed by atoms with van der Waals surface area (Å²) in [5, 5.41) is 3.65. The Morgan fingerprint density at radius 3 is 2.84 bits per heavy atom. The Hall–Kier alpha value is -2.44. The van der Waals surface area contributed by atoms with Crippen molar-refractivity contribution in [1.29, 1.82) is 0 Å². The number of nitrogens with one attached hydrogen (secondary N) is 1. The summed E-state index contributed by atoms with van der Waals surface area (Å²) < 4.78 is 9.65. The van der Waals surface area contributed by atoms with Crippen LogP contribution in [-0.4, -0.2) is 22.2 Å². The number of amides is 1. The lowest BCUT2D eigenvalue weighted by Crippen LogP contribution is -2.22. The molecule has 1 unspecified atom stereocenters. The second-order valence-electron chi connectivity index (χ2n) is 6.09. The topological polar surface area (TPSA) is 58.4 Å². The number of benzene rings is 1. The zero-order valence-electron chi connectivity index (χ0n) is 14.5. The number of aryl methyl sites for hydroxylation is 1. The maximum absolute atomic E-state index is 12.4. The molecule has 1 amide bonds. The molecule has 0 spiro atoms. The van der Waals surface area contributed by atoms with Gasteiger partial charge in [0.05, 0.1) is 18.0 Å². The first-order chi connectivity index (χ1) is 12.0. The lowest BCUT2D eigenvalue weighted by Gasteiger charge is -2.23. The number of furan rings is 1. The van der Waals surface area contributed by atoms with E-state index in [4.69, 9.17) is 4.42 Å². The van der Waals surface area contributed by atoms with E-state index in [-0.39, 0.29) is 11.9 Å². The van der Waals surface area contributed by atoms with Gasteiger partial charge in [-0.05, 0) is 68.3 Å². The van der Waals surface area contributed by atoms with E-state index in [9.17, 15) is 4.79 Å². The van der Waals surface area contributed by atoms with E-state index in [0.29, 0.717) is 5.56 Å². The first-order valence-electron chi connectivity index (χ1n) is 8.10. The molecule has 2 heterocycles. The zero-order valence-corrected chi connectivity index (χ0v) is 15.3. The molecule has 1 N–H and O–H groups in total. The minimum absolute atomic E-state index is 0.118. The third-order valence-corrected chi connectivity index (χ3v) is 4.90. The van der Waals surface area contributed by atoms with E-state index in [2.05, 4.69) is 21.5 Å². The van der Waals surface area contributed by atoms with Crippen LogP contribution in [0.4, 0.5) is 5.00 Å². The summed E-state index contributed by atoms with van der Waals surface area (Å²) in [6.07, 6.45) is 1.69. The molecule has 0 radical (unpaired) electrons. The largest absolute Gasteiger partial charge is 0.468 e. The van der Waals surface area contributed by atoms with Crippen LogP contribution in [-0.2, 0) is 6.54 Å². The summed E-state index contributed by atoms with van der Waals surface area (Å²) in [4.78, 5) is 14.6. The number of hydrogen-bond donors (Lipinski definition) is 1. The predicted octanol–water partition coefficient (Wildman–Crippen LogP) is 4.49. The van der Waals surface area contributed by atoms with Gasteiger partial charge in [0.25, 0.3) is 5.91 Å². The number of carbonyl (C=O) groups is 1. The van der Waals surface area contributed by atoms with Crippen LogP contribution in [0.2, 0.25) is 0 Å². The third-order valence-electron chi connectivity index (χ3n) is 4.10. The van der Waals surface area contributed by atoms with Crippen molar-refractivity contribution in [3.63, 3.8) is 0 Å². The van der Waals surface area contributed by atoms with Crippen LogP contribution < -0.4 is 5.32 Å². The fourth-order valence-electron chi connectivity index (χ4n) is 2.59. The Balaban J connectivity index is 1.67. The van der Waals surface area contributed by atoms with Crippen molar-refractivity contribution < 1.29 is 9.21 Å². The van der Waals surface area contributed by atoms with Crippen molar-refractivity contribution in [3.8, 4) is 0 Å². The van der Waals surface area contributed by atoms with Crippen LogP contribution in [0.1, 0.15) is 40.3 Å². The Bertz CT molecular complexity index is 842. The molecule has 0 aliphatic carbocycles. The Kier molecular flexibility index (Phi) is 5.31. The van der Waals surface area contributed by atoms with Gasteiger partial charge in [-0.1, -0.05) is 12.1 Å². The monoisotopic (exact) mass is 355 g/mol. The molecule has 25 heavy (non-hydrogen) atoms. The molecule has 0 aliphatic heterocycles. The Labute approximate surface area is 151 Å². The standard InChI is InChI=1S/C19H21N3O2S/c1-13-10-18(25-21-13)20-19(23)16-7-4-6-15(11-16)12-22(3)14(2)17-8-5-9-24-17/h4-11,14H,12H2,1-3H3,(H,20,23). The molecular formula is C19H21N3O2S. The van der Waals surface area contributed by atoms with Crippen molar-refractivity contribution in [2.24, 2.45) is 0 Å². The van der Waals surface area contributed by atoms with Crippen molar-refractivity contribution in [2.75, 3.05) is 12.4 Å². The first-order valence-corrected chi connectivity index (χ1v) is 8.87. The third kappa shape index (κ3) is 4.35. The molecule has 3 rings (SSSR count). The second kappa shape index (κ2) is 7.63. The van der Waals surface area contributed by atoms with Crippen LogP contribution in [0.3, 0.4) is 0 Å². The van der Waals surface area contributed by atoms with Crippen LogP contribution in [0.25, 0.3) is 0 Å². The number of rotatable bonds is 6. The molecule has 0 aliphatic rings. The average molecular weight is 355 g/mol. The van der Waals surface area contributed by atoms with Gasteiger partial charge in [-0.25, -0.2) is 0 Å². The fraction of sp³-hybridized carbons (Fsp3) is 0.263. The van der Waals surface area contributed by atoms with Crippen molar-refractivity contribution in [3.05, 3.63) is 71.3 Å². The molecule has 0 saturated carbocycles. The van der Waals surface area contributed by atoms with Gasteiger partial charge in [0, 0.05) is 12.1 Å². The molecule has 0 saturated heterocycles. The van der Waals surface area contributed by atoms with Gasteiger partial charge in [0.15, 0.2) is 0 Å². The van der Waals surface area contributed by atoms with Crippen LogP contribution in [0.5, 0.6) is 0 Å². The van der Waals surface area contributed by atoms with E-state index in [1.54, 1.807) is 6.26 Å². The number of nitrogens with zero attached hydrogens (tertiary/aromatic N) is 2. The Morgan fingerprint density at radius 1 is 1.32 bits per heavy atom. The van der Waals surface area contributed by atoms with Crippen LogP contribution >= 0.6 is 11.5 Å².